The molecule has 1 unspecified atom stereocenters. The van der Waals surface area contributed by atoms with Crippen LogP contribution in [0.2, 0.25) is 0 Å². The number of anilines is 1. The van der Waals surface area contributed by atoms with Gasteiger partial charge in [-0.1, -0.05) is 97.5 Å². The summed E-state index contributed by atoms with van der Waals surface area (Å²) in [4.78, 5) is 33.3. The number of amides is 1. The van der Waals surface area contributed by atoms with E-state index >= 15 is 0 Å². The summed E-state index contributed by atoms with van der Waals surface area (Å²) in [6.45, 7) is 6.22. The van der Waals surface area contributed by atoms with Crippen LogP contribution < -0.4 is 4.90 Å². The van der Waals surface area contributed by atoms with Gasteiger partial charge in [-0.3, -0.25) is 14.5 Å². The van der Waals surface area contributed by atoms with Gasteiger partial charge < -0.3 is 5.11 Å². The lowest BCUT2D eigenvalue weighted by molar-refractivity contribution is -0.132. The molecule has 4 aromatic carbocycles. The molecule has 0 aliphatic carbocycles. The van der Waals surface area contributed by atoms with Crippen LogP contribution in [-0.4, -0.2) is 21.8 Å². The molecule has 38 heavy (non-hydrogen) atoms. The van der Waals surface area contributed by atoms with Crippen LogP contribution in [0.15, 0.2) is 90.5 Å². The molecule has 5 nitrogen and oxygen atoms in total. The first-order chi connectivity index (χ1) is 18.3. The van der Waals surface area contributed by atoms with Crippen LogP contribution in [0.25, 0.3) is 26.7 Å². The first-order valence-corrected chi connectivity index (χ1v) is 13.4. The maximum absolute atomic E-state index is 13.6. The number of hydrogen-bond acceptors (Lipinski definition) is 5. The zero-order chi connectivity index (χ0) is 26.6. The Bertz CT molecular complexity index is 1780. The summed E-state index contributed by atoms with van der Waals surface area (Å²) in [7, 11) is 0. The van der Waals surface area contributed by atoms with Crippen molar-refractivity contribution in [2.75, 3.05) is 4.90 Å². The molecular weight excluding hydrogens is 492 g/mol. The number of hydrogen-bond donors (Lipinski definition) is 1. The molecule has 1 saturated heterocycles. The Labute approximate surface area is 224 Å². The third kappa shape index (κ3) is 3.98. The molecule has 1 atom stereocenters. The predicted octanol–water partition coefficient (Wildman–Crippen LogP) is 7.51. The van der Waals surface area contributed by atoms with Gasteiger partial charge in [0.05, 0.1) is 21.8 Å². The maximum atomic E-state index is 13.6. The molecule has 1 N–H and O–H groups in total. The number of aryl methyl sites for hydroxylation is 1. The molecule has 0 radical (unpaired) electrons. The van der Waals surface area contributed by atoms with Gasteiger partial charge >= 0.3 is 5.91 Å². The standard InChI is InChI=1S/C32H26N2O3S/c1-18(2)21-13-14-25-26(17-21)38-32(33-25)34-28(23-10-6-7-19(3)15-23)27(30(36)31(34)37)29(35)24-12-11-20-8-4-5-9-22(20)16-24/h4-18,28,35H,1-3H3/b29-27+. The summed E-state index contributed by atoms with van der Waals surface area (Å²) < 4.78 is 0.950. The summed E-state index contributed by atoms with van der Waals surface area (Å²) in [6.07, 6.45) is 0. The normalized spacial score (nSPS) is 17.3. The second kappa shape index (κ2) is 9.23. The Hall–Kier alpha value is -4.29. The van der Waals surface area contributed by atoms with Crippen molar-refractivity contribution in [2.24, 2.45) is 0 Å². The lowest BCUT2D eigenvalue weighted by Gasteiger charge is -2.23. The van der Waals surface area contributed by atoms with E-state index in [-0.39, 0.29) is 11.3 Å². The number of rotatable bonds is 4. The minimum absolute atomic E-state index is 0.0676. The van der Waals surface area contributed by atoms with Gasteiger partial charge in [-0.15, -0.1) is 0 Å². The van der Waals surface area contributed by atoms with E-state index in [1.165, 1.54) is 21.8 Å². The summed E-state index contributed by atoms with van der Waals surface area (Å²) in [5.41, 5.74) is 4.25. The van der Waals surface area contributed by atoms with Crippen molar-refractivity contribution in [3.8, 4) is 0 Å². The Kier molecular flexibility index (Phi) is 5.84. The fraction of sp³-hybridized carbons (Fsp3) is 0.156. The van der Waals surface area contributed by atoms with Crippen LogP contribution in [0.5, 0.6) is 0 Å². The molecule has 1 fully saturated rings. The molecule has 1 aliphatic heterocycles. The van der Waals surface area contributed by atoms with Crippen LogP contribution in [0.1, 0.15) is 48.1 Å². The van der Waals surface area contributed by atoms with Crippen LogP contribution in [0.3, 0.4) is 0 Å². The van der Waals surface area contributed by atoms with E-state index in [2.05, 4.69) is 19.9 Å². The highest BCUT2D eigenvalue weighted by molar-refractivity contribution is 7.22. The minimum atomic E-state index is -0.800. The average molecular weight is 519 g/mol. The molecule has 1 amide bonds. The molecule has 1 aromatic heterocycles. The van der Waals surface area contributed by atoms with Gasteiger partial charge in [0.2, 0.25) is 0 Å². The number of ketones is 1. The number of carbonyl (C=O) groups excluding carboxylic acids is 2. The van der Waals surface area contributed by atoms with Crippen LogP contribution >= 0.6 is 11.3 Å². The number of carbonyl (C=O) groups is 2. The Morgan fingerprint density at radius 3 is 2.47 bits per heavy atom. The molecule has 5 aromatic rings. The van der Waals surface area contributed by atoms with Crippen LogP contribution in [0, 0.1) is 6.92 Å². The molecule has 6 heteroatoms. The van der Waals surface area contributed by atoms with Gasteiger partial charge in [0.25, 0.3) is 5.78 Å². The third-order valence-corrected chi connectivity index (χ3v) is 8.12. The number of fused-ring (bicyclic) bond motifs is 2. The van der Waals surface area contributed by atoms with E-state index in [0.717, 1.165) is 32.1 Å². The topological polar surface area (TPSA) is 70.5 Å². The largest absolute Gasteiger partial charge is 0.507 e. The number of aromatic nitrogens is 1. The number of aliphatic hydroxyl groups excluding tert-OH is 1. The summed E-state index contributed by atoms with van der Waals surface area (Å²) in [6, 6.07) is 26.3. The molecule has 0 bridgehead atoms. The van der Waals surface area contributed by atoms with Crippen molar-refractivity contribution in [1.82, 2.24) is 4.98 Å². The summed E-state index contributed by atoms with van der Waals surface area (Å²) in [5.74, 6) is -1.24. The number of thiazole rings is 1. The van der Waals surface area contributed by atoms with Gasteiger partial charge in [0, 0.05) is 5.56 Å². The van der Waals surface area contributed by atoms with Crippen molar-refractivity contribution < 1.29 is 14.7 Å². The molecule has 1 aliphatic rings. The van der Waals surface area contributed by atoms with Crippen molar-refractivity contribution >= 4 is 54.9 Å². The smallest absolute Gasteiger partial charge is 0.301 e. The van der Waals surface area contributed by atoms with E-state index in [9.17, 15) is 14.7 Å². The SMILES string of the molecule is Cc1cccc(C2/C(=C(\O)c3ccc4ccccc4c3)C(=O)C(=O)N2c2nc3ccc(C(C)C)cc3s2)c1. The number of benzene rings is 4. The number of aliphatic hydroxyl groups is 1. The Morgan fingerprint density at radius 2 is 1.71 bits per heavy atom. The highest BCUT2D eigenvalue weighted by Gasteiger charge is 2.48. The van der Waals surface area contributed by atoms with Gasteiger partial charge in [-0.2, -0.15) is 0 Å². The van der Waals surface area contributed by atoms with Crippen molar-refractivity contribution in [3.63, 3.8) is 0 Å². The first kappa shape index (κ1) is 24.1. The van der Waals surface area contributed by atoms with Crippen molar-refractivity contribution in [2.45, 2.75) is 32.7 Å². The second-order valence-electron chi connectivity index (χ2n) is 10.0. The van der Waals surface area contributed by atoms with E-state index in [0.29, 0.717) is 16.6 Å². The van der Waals surface area contributed by atoms with Crippen molar-refractivity contribution in [1.29, 1.82) is 0 Å². The van der Waals surface area contributed by atoms with E-state index < -0.39 is 17.7 Å². The van der Waals surface area contributed by atoms with Gasteiger partial charge in [-0.25, -0.2) is 4.98 Å². The summed E-state index contributed by atoms with van der Waals surface area (Å²) in [5, 5.41) is 13.9. The Morgan fingerprint density at radius 1 is 0.921 bits per heavy atom. The Balaban J connectivity index is 1.55. The second-order valence-corrected chi connectivity index (χ2v) is 11.0. The zero-order valence-electron chi connectivity index (χ0n) is 21.3. The van der Waals surface area contributed by atoms with Crippen molar-refractivity contribution in [3.05, 3.63) is 113 Å². The van der Waals surface area contributed by atoms with E-state index in [1.54, 1.807) is 6.07 Å². The molecule has 6 rings (SSSR count). The molecule has 188 valence electrons. The maximum Gasteiger partial charge on any atom is 0.301 e. The van der Waals surface area contributed by atoms with Gasteiger partial charge in [0.15, 0.2) is 5.13 Å². The quantitative estimate of drug-likeness (QED) is 0.152. The third-order valence-electron chi connectivity index (χ3n) is 7.10. The monoisotopic (exact) mass is 518 g/mol. The molecule has 0 spiro atoms. The predicted molar refractivity (Wildman–Crippen MR) is 154 cm³/mol. The van der Waals surface area contributed by atoms with E-state index in [4.69, 9.17) is 4.98 Å². The highest BCUT2D eigenvalue weighted by atomic mass is 32.1. The lowest BCUT2D eigenvalue weighted by atomic mass is 9.94. The van der Waals surface area contributed by atoms with Crippen LogP contribution in [-0.2, 0) is 9.59 Å². The number of Topliss-reactive ketones (excluding diaryl/α,β-unsaturated/α-hetero) is 1. The number of nitrogens with zero attached hydrogens (tertiary/aromatic N) is 2. The lowest BCUT2D eigenvalue weighted by Crippen LogP contribution is -2.29. The van der Waals surface area contributed by atoms with Crippen LogP contribution in [0.4, 0.5) is 5.13 Å². The fourth-order valence-corrected chi connectivity index (χ4v) is 6.11. The summed E-state index contributed by atoms with van der Waals surface area (Å²) >= 11 is 1.38. The fourth-order valence-electron chi connectivity index (χ4n) is 5.07. The highest BCUT2D eigenvalue weighted by Crippen LogP contribution is 2.44. The molecule has 2 heterocycles. The molecule has 0 saturated carbocycles. The zero-order valence-corrected chi connectivity index (χ0v) is 22.1. The molecular formula is C32H26N2O3S. The van der Waals surface area contributed by atoms with E-state index in [1.807, 2.05) is 79.7 Å². The first-order valence-electron chi connectivity index (χ1n) is 12.6. The van der Waals surface area contributed by atoms with Gasteiger partial charge in [0.1, 0.15) is 5.76 Å². The minimum Gasteiger partial charge on any atom is -0.507 e. The average Bonchev–Trinajstić information content (AvgIpc) is 3.45. The van der Waals surface area contributed by atoms with Gasteiger partial charge in [-0.05, 0) is 52.9 Å².